The molecule has 2 rings (SSSR count). The van der Waals surface area contributed by atoms with Crippen molar-refractivity contribution in [2.24, 2.45) is 10.7 Å². The molecule has 1 fully saturated rings. The zero-order chi connectivity index (χ0) is 20.7. The summed E-state index contributed by atoms with van der Waals surface area (Å²) in [6.45, 7) is 12.9. The van der Waals surface area contributed by atoms with Crippen molar-refractivity contribution in [1.82, 2.24) is 4.90 Å². The van der Waals surface area contributed by atoms with Crippen molar-refractivity contribution in [3.63, 3.8) is 0 Å². The highest BCUT2D eigenvalue weighted by molar-refractivity contribution is 6.08. The first-order valence-corrected chi connectivity index (χ1v) is 10.6. The molecule has 28 heavy (non-hydrogen) atoms. The number of ketones is 1. The number of nitrogens with zero attached hydrogens (tertiary/aromatic N) is 2. The largest absolute Gasteiger partial charge is 0.396 e. The summed E-state index contributed by atoms with van der Waals surface area (Å²) in [5, 5.41) is 0. The van der Waals surface area contributed by atoms with E-state index in [-0.39, 0.29) is 5.78 Å². The summed E-state index contributed by atoms with van der Waals surface area (Å²) < 4.78 is 0. The Morgan fingerprint density at radius 3 is 2.50 bits per heavy atom. The van der Waals surface area contributed by atoms with E-state index in [4.69, 9.17) is 10.7 Å². The third-order valence-electron chi connectivity index (χ3n) is 5.69. The number of rotatable bonds is 8. The zero-order valence-corrected chi connectivity index (χ0v) is 18.2. The van der Waals surface area contributed by atoms with E-state index in [0.29, 0.717) is 5.70 Å². The molecule has 0 bridgehead atoms. The van der Waals surface area contributed by atoms with E-state index < -0.39 is 0 Å². The second-order valence-corrected chi connectivity index (χ2v) is 7.80. The van der Waals surface area contributed by atoms with Gasteiger partial charge in [-0.15, -0.1) is 0 Å². The van der Waals surface area contributed by atoms with Crippen molar-refractivity contribution < 1.29 is 4.79 Å². The summed E-state index contributed by atoms with van der Waals surface area (Å²) in [5.41, 5.74) is 20.0. The summed E-state index contributed by atoms with van der Waals surface area (Å²) in [6, 6.07) is 0. The molecule has 0 aromatic rings. The van der Waals surface area contributed by atoms with E-state index in [9.17, 15) is 4.79 Å². The number of hydrogen-bond donors (Lipinski definition) is 1. The fourth-order valence-electron chi connectivity index (χ4n) is 3.76. The van der Waals surface area contributed by atoms with Crippen LogP contribution in [0.2, 0.25) is 0 Å². The second kappa shape index (κ2) is 10.3. The molecule has 0 radical (unpaired) electrons. The van der Waals surface area contributed by atoms with Gasteiger partial charge in [-0.05, 0) is 81.7 Å². The molecule has 4 heteroatoms. The standard InChI is InChI=1S/C24H35N3O/c1-6-15-27(23-13-12-17(2)18(3)19(23)4)16-9-14-26-22-11-8-7-10-21(22)24(25)20(5)28/h6-11,14-16,25H2,1-5H3/b24-21-,26-22?. The van der Waals surface area contributed by atoms with Gasteiger partial charge in [0.25, 0.3) is 0 Å². The number of Topliss-reactive ketones (excluding diaryl/α,β-unsaturated/α-hetero) is 1. The Morgan fingerprint density at radius 2 is 1.82 bits per heavy atom. The molecule has 0 aromatic carbocycles. The summed E-state index contributed by atoms with van der Waals surface area (Å²) >= 11 is 0. The highest BCUT2D eigenvalue weighted by Gasteiger charge is 2.19. The fraction of sp³-hybridized carbons (Fsp3) is 0.583. The third-order valence-corrected chi connectivity index (χ3v) is 5.69. The van der Waals surface area contributed by atoms with Crippen LogP contribution in [0.5, 0.6) is 0 Å². The smallest absolute Gasteiger partial charge is 0.175 e. The molecule has 2 aliphatic carbocycles. The van der Waals surface area contributed by atoms with E-state index in [0.717, 1.165) is 75.1 Å². The lowest BCUT2D eigenvalue weighted by molar-refractivity contribution is -0.113. The summed E-state index contributed by atoms with van der Waals surface area (Å²) in [5.74, 6) is -0.0456. The van der Waals surface area contributed by atoms with Gasteiger partial charge < -0.3 is 10.6 Å². The van der Waals surface area contributed by atoms with Gasteiger partial charge in [0.05, 0.1) is 11.4 Å². The van der Waals surface area contributed by atoms with Gasteiger partial charge in [-0.25, -0.2) is 0 Å². The zero-order valence-electron chi connectivity index (χ0n) is 18.2. The summed E-state index contributed by atoms with van der Waals surface area (Å²) in [6.07, 6.45) is 6.08. The molecular formula is C24H35N3O. The van der Waals surface area contributed by atoms with Crippen LogP contribution in [0.15, 0.2) is 50.1 Å². The number of hydrogen-bond acceptors (Lipinski definition) is 4. The Labute approximate surface area is 170 Å². The summed E-state index contributed by atoms with van der Waals surface area (Å²) in [4.78, 5) is 18.9. The number of allylic oxidation sites excluding steroid dienone is 5. The molecule has 0 saturated heterocycles. The van der Waals surface area contributed by atoms with E-state index in [1.165, 1.54) is 23.6 Å². The molecule has 2 N–H and O–H groups in total. The normalized spacial score (nSPS) is 20.2. The molecule has 0 amide bonds. The molecule has 2 aliphatic rings. The highest BCUT2D eigenvalue weighted by Crippen LogP contribution is 2.25. The van der Waals surface area contributed by atoms with Crippen molar-refractivity contribution in [3.8, 4) is 0 Å². The first kappa shape index (κ1) is 22.0. The molecule has 0 spiro atoms. The van der Waals surface area contributed by atoms with Gasteiger partial charge in [0, 0.05) is 37.8 Å². The molecule has 0 unspecified atom stereocenters. The molecule has 0 heterocycles. The van der Waals surface area contributed by atoms with E-state index in [1.54, 1.807) is 0 Å². The van der Waals surface area contributed by atoms with Crippen molar-refractivity contribution in [3.05, 3.63) is 45.1 Å². The van der Waals surface area contributed by atoms with Gasteiger partial charge in [-0.1, -0.05) is 12.7 Å². The maximum Gasteiger partial charge on any atom is 0.175 e. The first-order valence-electron chi connectivity index (χ1n) is 10.6. The minimum atomic E-state index is -0.0456. The lowest BCUT2D eigenvalue weighted by atomic mass is 9.90. The Bertz CT molecular complexity index is 813. The summed E-state index contributed by atoms with van der Waals surface area (Å²) in [7, 11) is 0. The van der Waals surface area contributed by atoms with Crippen LogP contribution in [0, 0.1) is 0 Å². The maximum absolute atomic E-state index is 11.7. The van der Waals surface area contributed by atoms with Crippen LogP contribution in [-0.2, 0) is 4.79 Å². The number of nitrogens with two attached hydrogens (primary N) is 1. The lowest BCUT2D eigenvalue weighted by Crippen LogP contribution is -2.27. The monoisotopic (exact) mass is 381 g/mol. The Hall–Kier alpha value is -2.28. The van der Waals surface area contributed by atoms with Gasteiger partial charge in [-0.3, -0.25) is 9.79 Å². The Balaban J connectivity index is 2.07. The Morgan fingerprint density at radius 1 is 1.11 bits per heavy atom. The lowest BCUT2D eigenvalue weighted by Gasteiger charge is -2.28. The van der Waals surface area contributed by atoms with Gasteiger partial charge in [0.2, 0.25) is 0 Å². The number of carbonyl (C=O) groups excluding carboxylic acids is 1. The highest BCUT2D eigenvalue weighted by atomic mass is 16.1. The van der Waals surface area contributed by atoms with Crippen molar-refractivity contribution in [2.75, 3.05) is 19.6 Å². The SMILES string of the molecule is CCCN(CCCN=C1CCCC/C1=C(/N)C(C)=O)C1=C=C=C(C)C(C)=C1C. The van der Waals surface area contributed by atoms with E-state index in [1.807, 2.05) is 0 Å². The van der Waals surface area contributed by atoms with Gasteiger partial charge >= 0.3 is 0 Å². The van der Waals surface area contributed by atoms with Crippen LogP contribution in [-0.4, -0.2) is 36.0 Å². The molecule has 0 atom stereocenters. The van der Waals surface area contributed by atoms with Crippen LogP contribution >= 0.6 is 0 Å². The second-order valence-electron chi connectivity index (χ2n) is 7.80. The van der Waals surface area contributed by atoms with Crippen LogP contribution in [0.3, 0.4) is 0 Å². The predicted molar refractivity (Wildman–Crippen MR) is 117 cm³/mol. The van der Waals surface area contributed by atoms with Crippen molar-refractivity contribution in [1.29, 1.82) is 0 Å². The van der Waals surface area contributed by atoms with Gasteiger partial charge in [0.1, 0.15) is 0 Å². The fourth-order valence-corrected chi connectivity index (χ4v) is 3.76. The average Bonchev–Trinajstić information content (AvgIpc) is 2.68. The van der Waals surface area contributed by atoms with Crippen LogP contribution in [0.25, 0.3) is 0 Å². The van der Waals surface area contributed by atoms with Gasteiger partial charge in [0.15, 0.2) is 5.78 Å². The van der Waals surface area contributed by atoms with Crippen LogP contribution in [0.4, 0.5) is 0 Å². The predicted octanol–water partition coefficient (Wildman–Crippen LogP) is 4.84. The number of carbonyl (C=O) groups is 1. The maximum atomic E-state index is 11.7. The van der Waals surface area contributed by atoms with Crippen LogP contribution < -0.4 is 5.73 Å². The molecule has 0 aliphatic heterocycles. The van der Waals surface area contributed by atoms with Crippen molar-refractivity contribution >= 4 is 11.5 Å². The van der Waals surface area contributed by atoms with E-state index >= 15 is 0 Å². The molecular weight excluding hydrogens is 346 g/mol. The molecule has 4 nitrogen and oxygen atoms in total. The average molecular weight is 382 g/mol. The van der Waals surface area contributed by atoms with E-state index in [2.05, 4.69) is 44.1 Å². The molecule has 0 aromatic heterocycles. The number of aliphatic imine (C=N–C) groups is 1. The molecule has 152 valence electrons. The Kier molecular flexibility index (Phi) is 8.11. The van der Waals surface area contributed by atoms with Gasteiger partial charge in [-0.2, -0.15) is 0 Å². The van der Waals surface area contributed by atoms with Crippen LogP contribution in [0.1, 0.15) is 73.1 Å². The van der Waals surface area contributed by atoms with Crippen molar-refractivity contribution in [2.45, 2.75) is 73.1 Å². The third kappa shape index (κ3) is 5.38. The topological polar surface area (TPSA) is 58.7 Å². The quantitative estimate of drug-likeness (QED) is 0.372. The minimum absolute atomic E-state index is 0.0456. The minimum Gasteiger partial charge on any atom is -0.396 e. The molecule has 1 saturated carbocycles. The first-order chi connectivity index (χ1) is 13.4.